The summed E-state index contributed by atoms with van der Waals surface area (Å²) >= 11 is 0. The van der Waals surface area contributed by atoms with Crippen LogP contribution in [-0.2, 0) is 9.53 Å². The fourth-order valence-electron chi connectivity index (χ4n) is 0.799. The van der Waals surface area contributed by atoms with Gasteiger partial charge in [0.15, 0.2) is 0 Å². The van der Waals surface area contributed by atoms with Crippen molar-refractivity contribution >= 4 is 5.97 Å². The molecule has 1 N–H and O–H groups in total. The largest absolute Gasteiger partial charge is 0.481 e. The van der Waals surface area contributed by atoms with Crippen molar-refractivity contribution in [2.75, 3.05) is 0 Å². The SMILES string of the molecule is C[C@@H]1O[C@H]1CCC(=O)O. The summed E-state index contributed by atoms with van der Waals surface area (Å²) in [7, 11) is 0. The van der Waals surface area contributed by atoms with Crippen LogP contribution in [0.15, 0.2) is 0 Å². The summed E-state index contributed by atoms with van der Waals surface area (Å²) < 4.78 is 5.00. The third-order valence-corrected chi connectivity index (χ3v) is 1.48. The molecule has 1 aliphatic heterocycles. The molecule has 1 rings (SSSR count). The predicted octanol–water partition coefficient (Wildman–Crippen LogP) is 0.639. The number of rotatable bonds is 3. The minimum Gasteiger partial charge on any atom is -0.481 e. The van der Waals surface area contributed by atoms with Crippen molar-refractivity contribution in [3.8, 4) is 0 Å². The number of hydrogen-bond acceptors (Lipinski definition) is 2. The zero-order chi connectivity index (χ0) is 6.85. The van der Waals surface area contributed by atoms with Crippen LogP contribution in [0.1, 0.15) is 19.8 Å². The zero-order valence-corrected chi connectivity index (χ0v) is 5.33. The molecule has 2 atom stereocenters. The maximum absolute atomic E-state index is 9.98. The van der Waals surface area contributed by atoms with Crippen LogP contribution in [0.3, 0.4) is 0 Å². The second-order valence-electron chi connectivity index (χ2n) is 2.31. The fraction of sp³-hybridized carbons (Fsp3) is 0.833. The number of carboxylic acid groups (broad SMARTS) is 1. The van der Waals surface area contributed by atoms with E-state index in [1.165, 1.54) is 0 Å². The zero-order valence-electron chi connectivity index (χ0n) is 5.33. The molecule has 1 saturated heterocycles. The molecule has 0 aromatic rings. The molecule has 9 heavy (non-hydrogen) atoms. The molecule has 0 saturated carbocycles. The highest BCUT2D eigenvalue weighted by Gasteiger charge is 2.33. The van der Waals surface area contributed by atoms with Gasteiger partial charge in [-0.2, -0.15) is 0 Å². The molecule has 0 bridgehead atoms. The fourth-order valence-corrected chi connectivity index (χ4v) is 0.799. The lowest BCUT2D eigenvalue weighted by molar-refractivity contribution is -0.137. The van der Waals surface area contributed by atoms with Gasteiger partial charge in [0, 0.05) is 6.42 Å². The topological polar surface area (TPSA) is 49.8 Å². The first kappa shape index (κ1) is 6.55. The first-order chi connectivity index (χ1) is 4.20. The van der Waals surface area contributed by atoms with Gasteiger partial charge in [0.2, 0.25) is 0 Å². The number of carboxylic acids is 1. The smallest absolute Gasteiger partial charge is 0.303 e. The van der Waals surface area contributed by atoms with E-state index in [2.05, 4.69) is 0 Å². The summed E-state index contributed by atoms with van der Waals surface area (Å²) in [6, 6.07) is 0. The van der Waals surface area contributed by atoms with Crippen LogP contribution < -0.4 is 0 Å². The number of carbonyl (C=O) groups is 1. The van der Waals surface area contributed by atoms with E-state index in [1.807, 2.05) is 6.92 Å². The summed E-state index contributed by atoms with van der Waals surface area (Å²) in [6.45, 7) is 1.95. The van der Waals surface area contributed by atoms with Crippen LogP contribution >= 0.6 is 0 Å². The van der Waals surface area contributed by atoms with Crippen LogP contribution in [0.25, 0.3) is 0 Å². The van der Waals surface area contributed by atoms with Gasteiger partial charge in [-0.3, -0.25) is 4.79 Å². The van der Waals surface area contributed by atoms with Gasteiger partial charge in [-0.05, 0) is 13.3 Å². The average molecular weight is 130 g/mol. The van der Waals surface area contributed by atoms with Gasteiger partial charge in [0.25, 0.3) is 0 Å². The third-order valence-electron chi connectivity index (χ3n) is 1.48. The highest BCUT2D eigenvalue weighted by atomic mass is 16.6. The Kier molecular flexibility index (Phi) is 1.71. The summed E-state index contributed by atoms with van der Waals surface area (Å²) in [5.74, 6) is -0.738. The quantitative estimate of drug-likeness (QED) is 0.570. The van der Waals surface area contributed by atoms with E-state index in [-0.39, 0.29) is 12.5 Å². The van der Waals surface area contributed by atoms with Crippen LogP contribution in [0.4, 0.5) is 0 Å². The van der Waals surface area contributed by atoms with Gasteiger partial charge >= 0.3 is 5.97 Å². The van der Waals surface area contributed by atoms with Crippen LogP contribution in [-0.4, -0.2) is 23.3 Å². The summed E-state index contributed by atoms with van der Waals surface area (Å²) in [4.78, 5) is 9.98. The Morgan fingerprint density at radius 3 is 2.67 bits per heavy atom. The molecule has 0 aromatic heterocycles. The Hall–Kier alpha value is -0.570. The minimum atomic E-state index is -0.738. The second kappa shape index (κ2) is 2.35. The van der Waals surface area contributed by atoms with Crippen LogP contribution in [0.2, 0.25) is 0 Å². The molecule has 3 heteroatoms. The lowest BCUT2D eigenvalue weighted by Crippen LogP contribution is -1.98. The highest BCUT2D eigenvalue weighted by Crippen LogP contribution is 2.25. The van der Waals surface area contributed by atoms with E-state index in [4.69, 9.17) is 9.84 Å². The molecule has 0 amide bonds. The monoisotopic (exact) mass is 130 g/mol. The Morgan fingerprint density at radius 2 is 2.33 bits per heavy atom. The van der Waals surface area contributed by atoms with E-state index in [9.17, 15) is 4.79 Å². The molecule has 52 valence electrons. The summed E-state index contributed by atoms with van der Waals surface area (Å²) in [5, 5.41) is 8.22. The Morgan fingerprint density at radius 1 is 1.78 bits per heavy atom. The molecule has 0 aromatic carbocycles. The van der Waals surface area contributed by atoms with Crippen LogP contribution in [0.5, 0.6) is 0 Å². The summed E-state index contributed by atoms with van der Waals surface area (Å²) in [5.41, 5.74) is 0. The molecular weight excluding hydrogens is 120 g/mol. The lowest BCUT2D eigenvalue weighted by Gasteiger charge is -1.86. The molecule has 0 aliphatic carbocycles. The molecule has 1 fully saturated rings. The summed E-state index contributed by atoms with van der Waals surface area (Å²) in [6.07, 6.45) is 1.41. The molecule has 1 aliphatic rings. The van der Waals surface area contributed by atoms with Crippen molar-refractivity contribution < 1.29 is 14.6 Å². The maximum atomic E-state index is 9.98. The molecule has 0 spiro atoms. The number of aliphatic carboxylic acids is 1. The molecular formula is C6H10O3. The van der Waals surface area contributed by atoms with Crippen molar-refractivity contribution in [3.05, 3.63) is 0 Å². The predicted molar refractivity (Wildman–Crippen MR) is 31.2 cm³/mol. The standard InChI is InChI=1S/C6H10O3/c1-4-5(9-4)2-3-6(7)8/h4-5H,2-3H2,1H3,(H,7,8)/t4-,5-/m0/s1. The number of hydrogen-bond donors (Lipinski definition) is 1. The first-order valence-electron chi connectivity index (χ1n) is 3.07. The third kappa shape index (κ3) is 2.01. The molecule has 0 unspecified atom stereocenters. The van der Waals surface area contributed by atoms with Crippen molar-refractivity contribution in [2.24, 2.45) is 0 Å². The van der Waals surface area contributed by atoms with E-state index >= 15 is 0 Å². The van der Waals surface area contributed by atoms with Crippen molar-refractivity contribution in [2.45, 2.75) is 32.0 Å². The molecule has 0 radical (unpaired) electrons. The van der Waals surface area contributed by atoms with E-state index in [0.717, 1.165) is 0 Å². The second-order valence-corrected chi connectivity index (χ2v) is 2.31. The van der Waals surface area contributed by atoms with E-state index in [0.29, 0.717) is 12.5 Å². The Bertz CT molecular complexity index is 121. The van der Waals surface area contributed by atoms with Gasteiger partial charge in [0.05, 0.1) is 12.2 Å². The van der Waals surface area contributed by atoms with Gasteiger partial charge in [-0.15, -0.1) is 0 Å². The van der Waals surface area contributed by atoms with Crippen molar-refractivity contribution in [1.82, 2.24) is 0 Å². The molecule has 1 heterocycles. The van der Waals surface area contributed by atoms with Crippen molar-refractivity contribution in [1.29, 1.82) is 0 Å². The van der Waals surface area contributed by atoms with E-state index in [1.54, 1.807) is 0 Å². The Balaban J connectivity index is 2.00. The van der Waals surface area contributed by atoms with Crippen molar-refractivity contribution in [3.63, 3.8) is 0 Å². The van der Waals surface area contributed by atoms with Gasteiger partial charge < -0.3 is 9.84 Å². The maximum Gasteiger partial charge on any atom is 0.303 e. The molecule has 3 nitrogen and oxygen atoms in total. The number of epoxide rings is 1. The number of ether oxygens (including phenoxy) is 1. The van der Waals surface area contributed by atoms with Gasteiger partial charge in [-0.1, -0.05) is 0 Å². The van der Waals surface area contributed by atoms with E-state index < -0.39 is 5.97 Å². The lowest BCUT2D eigenvalue weighted by atomic mass is 10.2. The average Bonchev–Trinajstić information content (AvgIpc) is 2.42. The van der Waals surface area contributed by atoms with Gasteiger partial charge in [0.1, 0.15) is 0 Å². The highest BCUT2D eigenvalue weighted by molar-refractivity contribution is 5.66. The minimum absolute atomic E-state index is 0.223. The van der Waals surface area contributed by atoms with Crippen LogP contribution in [0, 0.1) is 0 Å². The first-order valence-corrected chi connectivity index (χ1v) is 3.07. The Labute approximate surface area is 53.6 Å². The van der Waals surface area contributed by atoms with Gasteiger partial charge in [-0.25, -0.2) is 0 Å². The normalized spacial score (nSPS) is 32.1.